The predicted octanol–water partition coefficient (Wildman–Crippen LogP) is 0.740. The molecular weight excluding hydrogens is 270 g/mol. The summed E-state index contributed by atoms with van der Waals surface area (Å²) in [5.41, 5.74) is 6.33. The summed E-state index contributed by atoms with van der Waals surface area (Å²) in [5.74, 6) is -0.298. The Labute approximate surface area is 124 Å². The summed E-state index contributed by atoms with van der Waals surface area (Å²) in [6, 6.07) is 6.84. The molecule has 1 saturated heterocycles. The van der Waals surface area contributed by atoms with Crippen LogP contribution in [0.2, 0.25) is 0 Å². The second-order valence-corrected chi connectivity index (χ2v) is 5.21. The Morgan fingerprint density at radius 1 is 1.33 bits per heavy atom. The topological polar surface area (TPSA) is 93.5 Å². The highest BCUT2D eigenvalue weighted by Gasteiger charge is 2.38. The predicted molar refractivity (Wildman–Crippen MR) is 80.0 cm³/mol. The number of benzene rings is 1. The van der Waals surface area contributed by atoms with E-state index in [1.165, 1.54) is 0 Å². The molecule has 6 heteroatoms. The van der Waals surface area contributed by atoms with Crippen molar-refractivity contribution in [1.29, 1.82) is 0 Å². The maximum absolute atomic E-state index is 12.5. The van der Waals surface area contributed by atoms with Gasteiger partial charge in [-0.15, -0.1) is 0 Å². The van der Waals surface area contributed by atoms with E-state index in [0.717, 1.165) is 0 Å². The van der Waals surface area contributed by atoms with Gasteiger partial charge >= 0.3 is 0 Å². The molecule has 1 fully saturated rings. The number of anilines is 1. The lowest BCUT2D eigenvalue weighted by Gasteiger charge is -2.34. The van der Waals surface area contributed by atoms with Crippen LogP contribution in [0.3, 0.4) is 0 Å². The van der Waals surface area contributed by atoms with Crippen LogP contribution in [-0.2, 0) is 9.53 Å². The fourth-order valence-electron chi connectivity index (χ4n) is 2.43. The van der Waals surface area contributed by atoms with Crippen molar-refractivity contribution < 1.29 is 14.3 Å². The zero-order valence-corrected chi connectivity index (χ0v) is 12.1. The summed E-state index contributed by atoms with van der Waals surface area (Å²) in [7, 11) is 1.57. The standard InChI is InChI=1S/C15H21N3O3/c1-17-13(19)11-3-2-4-12(9-11)18-14(20)15(10-16)5-7-21-8-6-15/h2-4,9H,5-8,10,16H2,1H3,(H,17,19)(H,18,20). The van der Waals surface area contributed by atoms with Gasteiger partial charge in [-0.1, -0.05) is 6.07 Å². The number of hydrogen-bond acceptors (Lipinski definition) is 4. The third kappa shape index (κ3) is 3.40. The van der Waals surface area contributed by atoms with E-state index in [1.54, 1.807) is 31.3 Å². The molecule has 0 atom stereocenters. The molecule has 6 nitrogen and oxygen atoms in total. The van der Waals surface area contributed by atoms with Gasteiger partial charge in [0.25, 0.3) is 5.91 Å². The quantitative estimate of drug-likeness (QED) is 0.762. The van der Waals surface area contributed by atoms with Gasteiger partial charge in [-0.25, -0.2) is 0 Å². The number of nitrogens with one attached hydrogen (secondary N) is 2. The molecule has 1 aromatic carbocycles. The Balaban J connectivity index is 2.13. The number of ether oxygens (including phenoxy) is 1. The zero-order chi connectivity index (χ0) is 15.3. The van der Waals surface area contributed by atoms with Gasteiger partial charge in [-0.3, -0.25) is 9.59 Å². The van der Waals surface area contributed by atoms with Crippen molar-refractivity contribution in [3.8, 4) is 0 Å². The Kier molecular flexibility index (Phi) is 4.93. The van der Waals surface area contributed by atoms with Crippen LogP contribution in [0.4, 0.5) is 5.69 Å². The van der Waals surface area contributed by atoms with Crippen LogP contribution in [0, 0.1) is 5.41 Å². The third-order valence-electron chi connectivity index (χ3n) is 3.93. The molecule has 0 aromatic heterocycles. The summed E-state index contributed by atoms with van der Waals surface area (Å²) in [6.07, 6.45) is 1.23. The van der Waals surface area contributed by atoms with Crippen molar-refractivity contribution in [1.82, 2.24) is 5.32 Å². The van der Waals surface area contributed by atoms with Crippen molar-refractivity contribution in [3.05, 3.63) is 29.8 Å². The van der Waals surface area contributed by atoms with Crippen LogP contribution >= 0.6 is 0 Å². The molecule has 4 N–H and O–H groups in total. The third-order valence-corrected chi connectivity index (χ3v) is 3.93. The molecule has 0 unspecified atom stereocenters. The number of carbonyl (C=O) groups excluding carboxylic acids is 2. The van der Waals surface area contributed by atoms with Crippen LogP contribution in [0.5, 0.6) is 0 Å². The van der Waals surface area contributed by atoms with Gasteiger partial charge in [0.1, 0.15) is 0 Å². The maximum Gasteiger partial charge on any atom is 0.251 e. The number of rotatable bonds is 4. The van der Waals surface area contributed by atoms with Crippen molar-refractivity contribution in [2.24, 2.45) is 11.1 Å². The van der Waals surface area contributed by atoms with Crippen LogP contribution in [0.1, 0.15) is 23.2 Å². The molecule has 0 radical (unpaired) electrons. The zero-order valence-electron chi connectivity index (χ0n) is 12.1. The first-order chi connectivity index (χ1) is 10.1. The summed E-state index contributed by atoms with van der Waals surface area (Å²) in [5, 5.41) is 5.42. The number of nitrogens with two attached hydrogens (primary N) is 1. The number of amides is 2. The molecule has 0 aliphatic carbocycles. The van der Waals surface area contributed by atoms with E-state index in [2.05, 4.69) is 10.6 Å². The summed E-state index contributed by atoms with van der Waals surface area (Å²) < 4.78 is 5.30. The normalized spacial score (nSPS) is 17.0. The number of hydrogen-bond donors (Lipinski definition) is 3. The minimum Gasteiger partial charge on any atom is -0.381 e. The molecule has 0 saturated carbocycles. The SMILES string of the molecule is CNC(=O)c1cccc(NC(=O)C2(CN)CCOCC2)c1. The molecule has 21 heavy (non-hydrogen) atoms. The lowest BCUT2D eigenvalue weighted by Crippen LogP contribution is -2.46. The van der Waals surface area contributed by atoms with Gasteiger partial charge in [0, 0.05) is 38.1 Å². The van der Waals surface area contributed by atoms with Gasteiger partial charge < -0.3 is 21.1 Å². The van der Waals surface area contributed by atoms with Crippen LogP contribution < -0.4 is 16.4 Å². The average Bonchev–Trinajstić information content (AvgIpc) is 2.54. The van der Waals surface area contributed by atoms with E-state index in [-0.39, 0.29) is 18.4 Å². The lowest BCUT2D eigenvalue weighted by atomic mass is 9.79. The van der Waals surface area contributed by atoms with Crippen molar-refractivity contribution in [3.63, 3.8) is 0 Å². The Morgan fingerprint density at radius 2 is 2.05 bits per heavy atom. The summed E-state index contributed by atoms with van der Waals surface area (Å²) in [4.78, 5) is 24.1. The molecule has 1 aromatic rings. The summed E-state index contributed by atoms with van der Waals surface area (Å²) in [6.45, 7) is 1.38. The smallest absolute Gasteiger partial charge is 0.251 e. The molecule has 1 heterocycles. The second kappa shape index (κ2) is 6.69. The highest BCUT2D eigenvalue weighted by molar-refractivity contribution is 5.98. The second-order valence-electron chi connectivity index (χ2n) is 5.21. The van der Waals surface area contributed by atoms with Crippen LogP contribution in [0.15, 0.2) is 24.3 Å². The molecule has 1 aliphatic heterocycles. The minimum absolute atomic E-state index is 0.109. The fraction of sp³-hybridized carbons (Fsp3) is 0.467. The van der Waals surface area contributed by atoms with E-state index in [9.17, 15) is 9.59 Å². The largest absolute Gasteiger partial charge is 0.381 e. The Bertz CT molecular complexity index is 525. The van der Waals surface area contributed by atoms with Crippen molar-refractivity contribution in [2.45, 2.75) is 12.8 Å². The van der Waals surface area contributed by atoms with Gasteiger partial charge in [-0.05, 0) is 31.0 Å². The molecule has 1 aliphatic rings. The Hall–Kier alpha value is -1.92. The van der Waals surface area contributed by atoms with Gasteiger partial charge in [0.15, 0.2) is 0 Å². The lowest BCUT2D eigenvalue weighted by molar-refractivity contribution is -0.130. The van der Waals surface area contributed by atoms with Crippen LogP contribution in [-0.4, -0.2) is 38.6 Å². The molecule has 0 bridgehead atoms. The highest BCUT2D eigenvalue weighted by Crippen LogP contribution is 2.31. The highest BCUT2D eigenvalue weighted by atomic mass is 16.5. The first kappa shape index (κ1) is 15.5. The Morgan fingerprint density at radius 3 is 2.67 bits per heavy atom. The maximum atomic E-state index is 12.5. The van der Waals surface area contributed by atoms with E-state index in [1.807, 2.05) is 0 Å². The molecule has 0 spiro atoms. The van der Waals surface area contributed by atoms with Crippen molar-refractivity contribution >= 4 is 17.5 Å². The van der Waals surface area contributed by atoms with Gasteiger partial charge in [0.05, 0.1) is 5.41 Å². The van der Waals surface area contributed by atoms with E-state index < -0.39 is 5.41 Å². The molecule has 2 amide bonds. The summed E-state index contributed by atoms with van der Waals surface area (Å²) >= 11 is 0. The monoisotopic (exact) mass is 291 g/mol. The van der Waals surface area contributed by atoms with E-state index in [4.69, 9.17) is 10.5 Å². The van der Waals surface area contributed by atoms with Crippen molar-refractivity contribution in [2.75, 3.05) is 32.1 Å². The molecule has 2 rings (SSSR count). The van der Waals surface area contributed by atoms with Gasteiger partial charge in [0.2, 0.25) is 5.91 Å². The average molecular weight is 291 g/mol. The minimum atomic E-state index is -0.582. The van der Waals surface area contributed by atoms with E-state index >= 15 is 0 Å². The van der Waals surface area contributed by atoms with Crippen LogP contribution in [0.25, 0.3) is 0 Å². The van der Waals surface area contributed by atoms with E-state index in [0.29, 0.717) is 37.3 Å². The fourth-order valence-corrected chi connectivity index (χ4v) is 2.43. The number of carbonyl (C=O) groups is 2. The van der Waals surface area contributed by atoms with Gasteiger partial charge in [-0.2, -0.15) is 0 Å². The first-order valence-corrected chi connectivity index (χ1v) is 7.03. The molecule has 114 valence electrons. The molecular formula is C15H21N3O3. The first-order valence-electron chi connectivity index (χ1n) is 7.03.